The van der Waals surface area contributed by atoms with Gasteiger partial charge in [-0.25, -0.2) is 0 Å². The molecule has 1 fully saturated rings. The molecule has 1 aliphatic rings. The molecule has 0 aliphatic carbocycles. The van der Waals surface area contributed by atoms with Crippen LogP contribution in [0, 0.1) is 0 Å². The van der Waals surface area contributed by atoms with Gasteiger partial charge in [0.2, 0.25) is 0 Å². The van der Waals surface area contributed by atoms with E-state index >= 15 is 0 Å². The number of aromatic nitrogens is 1. The molecule has 1 aromatic rings. The molecule has 2 heterocycles. The van der Waals surface area contributed by atoms with Crippen LogP contribution in [0.25, 0.3) is 0 Å². The summed E-state index contributed by atoms with van der Waals surface area (Å²) in [6.45, 7) is 3.38. The van der Waals surface area contributed by atoms with E-state index < -0.39 is 0 Å². The molecule has 1 aliphatic heterocycles. The zero-order valence-electron chi connectivity index (χ0n) is 15.2. The molecule has 0 unspecified atom stereocenters. The van der Waals surface area contributed by atoms with Gasteiger partial charge in [-0.15, -0.1) is 0 Å². The molecule has 0 saturated carbocycles. The first kappa shape index (κ1) is 17.8. The number of likely N-dealkylation sites (N-methyl/N-ethyl adjacent to an activating group) is 1. The number of nitrogens with zero attached hydrogens (tertiary/aromatic N) is 4. The van der Waals surface area contributed by atoms with Crippen molar-refractivity contribution in [2.75, 3.05) is 47.9 Å². The van der Waals surface area contributed by atoms with Gasteiger partial charge in [0.25, 0.3) is 0 Å². The molecule has 0 radical (unpaired) electrons. The summed E-state index contributed by atoms with van der Waals surface area (Å²) in [4.78, 5) is 8.94. The molecule has 0 spiro atoms. The zero-order valence-corrected chi connectivity index (χ0v) is 15.2. The third kappa shape index (κ3) is 4.26. The van der Waals surface area contributed by atoms with Crippen LogP contribution in [0.3, 0.4) is 0 Å². The largest absolute Gasteiger partial charge is 0.381 e. The summed E-state index contributed by atoms with van der Waals surface area (Å²) in [5.41, 5.74) is 1.41. The van der Waals surface area contributed by atoms with Gasteiger partial charge in [0.15, 0.2) is 5.96 Å². The summed E-state index contributed by atoms with van der Waals surface area (Å²) in [6.07, 6.45) is 4.17. The van der Waals surface area contributed by atoms with Gasteiger partial charge < -0.3 is 24.4 Å². The number of ether oxygens (including phenoxy) is 1. The Balaban J connectivity index is 1.97. The number of rotatable bonds is 5. The Labute approximate surface area is 140 Å². The van der Waals surface area contributed by atoms with Crippen LogP contribution in [0.5, 0.6) is 0 Å². The second kappa shape index (κ2) is 7.84. The highest BCUT2D eigenvalue weighted by molar-refractivity contribution is 5.79. The fraction of sp³-hybridized carbons (Fsp3) is 0.706. The topological polar surface area (TPSA) is 45.0 Å². The van der Waals surface area contributed by atoms with Gasteiger partial charge in [-0.2, -0.15) is 0 Å². The Hall–Kier alpha value is -1.53. The third-order valence-corrected chi connectivity index (χ3v) is 4.97. The van der Waals surface area contributed by atoms with Crippen LogP contribution in [0.2, 0.25) is 0 Å². The predicted octanol–water partition coefficient (Wildman–Crippen LogP) is 1.14. The molecule has 6 nitrogen and oxygen atoms in total. The van der Waals surface area contributed by atoms with Crippen LogP contribution in [0.1, 0.15) is 18.5 Å². The Morgan fingerprint density at radius 1 is 1.35 bits per heavy atom. The molecule has 0 atom stereocenters. The van der Waals surface area contributed by atoms with Crippen molar-refractivity contribution in [2.24, 2.45) is 12.0 Å². The first-order valence-electron chi connectivity index (χ1n) is 8.26. The van der Waals surface area contributed by atoms with Crippen LogP contribution in [-0.2, 0) is 18.3 Å². The quantitative estimate of drug-likeness (QED) is 0.653. The lowest BCUT2D eigenvalue weighted by atomic mass is 9.88. The van der Waals surface area contributed by atoms with Crippen molar-refractivity contribution in [3.05, 3.63) is 24.0 Å². The summed E-state index contributed by atoms with van der Waals surface area (Å²) < 4.78 is 7.68. The second-order valence-electron chi connectivity index (χ2n) is 6.60. The number of aryl methyl sites for hydroxylation is 1. The van der Waals surface area contributed by atoms with E-state index in [9.17, 15) is 0 Å². The number of aliphatic imine (C=N–C) groups is 1. The Morgan fingerprint density at radius 3 is 2.57 bits per heavy atom. The number of hydrogen-bond donors (Lipinski definition) is 1. The van der Waals surface area contributed by atoms with Gasteiger partial charge in [0.05, 0.1) is 6.54 Å². The molecular weight excluding hydrogens is 290 g/mol. The Kier molecular flexibility index (Phi) is 6.07. The molecule has 0 aromatic carbocycles. The van der Waals surface area contributed by atoms with Crippen molar-refractivity contribution >= 4 is 5.96 Å². The maximum atomic E-state index is 5.54. The minimum atomic E-state index is 0.139. The number of nitrogens with one attached hydrogen (secondary N) is 1. The number of hydrogen-bond acceptors (Lipinski definition) is 3. The van der Waals surface area contributed by atoms with Crippen LogP contribution in [0.4, 0.5) is 0 Å². The van der Waals surface area contributed by atoms with E-state index in [1.165, 1.54) is 5.69 Å². The van der Waals surface area contributed by atoms with E-state index in [-0.39, 0.29) is 5.54 Å². The molecule has 2 rings (SSSR count). The summed E-state index contributed by atoms with van der Waals surface area (Å²) in [5, 5.41) is 3.56. The number of guanidine groups is 1. The summed E-state index contributed by atoms with van der Waals surface area (Å²) in [6, 6.07) is 4.21. The van der Waals surface area contributed by atoms with Gasteiger partial charge in [-0.3, -0.25) is 4.99 Å². The predicted molar refractivity (Wildman–Crippen MR) is 94.7 cm³/mol. The lowest BCUT2D eigenvalue weighted by Gasteiger charge is -2.43. The van der Waals surface area contributed by atoms with E-state index in [0.29, 0.717) is 0 Å². The molecular formula is C17H31N5O. The maximum Gasteiger partial charge on any atom is 0.193 e. The van der Waals surface area contributed by atoms with Gasteiger partial charge in [-0.05, 0) is 39.1 Å². The van der Waals surface area contributed by atoms with Crippen molar-refractivity contribution in [1.29, 1.82) is 0 Å². The second-order valence-corrected chi connectivity index (χ2v) is 6.60. The lowest BCUT2D eigenvalue weighted by molar-refractivity contribution is -0.00522. The fourth-order valence-electron chi connectivity index (χ4n) is 3.14. The standard InChI is InChI=1S/C17H31N5O/c1-18-16(22(5)13-15-7-6-10-21(15)4)19-14-17(20(2)3)8-11-23-12-9-17/h6-7,10H,8-9,11-14H2,1-5H3,(H,18,19). The highest BCUT2D eigenvalue weighted by Gasteiger charge is 2.35. The molecule has 23 heavy (non-hydrogen) atoms. The van der Waals surface area contributed by atoms with Crippen LogP contribution < -0.4 is 5.32 Å². The van der Waals surface area contributed by atoms with E-state index in [4.69, 9.17) is 4.74 Å². The molecule has 0 amide bonds. The van der Waals surface area contributed by atoms with E-state index in [1.54, 1.807) is 0 Å². The summed E-state index contributed by atoms with van der Waals surface area (Å²) in [7, 11) is 10.3. The molecule has 130 valence electrons. The first-order chi connectivity index (χ1) is 11.0. The smallest absolute Gasteiger partial charge is 0.193 e. The lowest BCUT2D eigenvalue weighted by Crippen LogP contribution is -2.57. The fourth-order valence-corrected chi connectivity index (χ4v) is 3.14. The van der Waals surface area contributed by atoms with Crippen molar-refractivity contribution in [3.63, 3.8) is 0 Å². The average Bonchev–Trinajstić information content (AvgIpc) is 2.93. The average molecular weight is 321 g/mol. The normalized spacial score (nSPS) is 18.3. The van der Waals surface area contributed by atoms with Crippen LogP contribution in [0.15, 0.2) is 23.3 Å². The minimum absolute atomic E-state index is 0.139. The third-order valence-electron chi connectivity index (χ3n) is 4.97. The highest BCUT2D eigenvalue weighted by Crippen LogP contribution is 2.25. The zero-order chi connectivity index (χ0) is 16.9. The summed E-state index contributed by atoms with van der Waals surface area (Å²) >= 11 is 0. The van der Waals surface area contributed by atoms with Crippen LogP contribution in [-0.4, -0.2) is 73.8 Å². The van der Waals surface area contributed by atoms with Gasteiger partial charge in [0.1, 0.15) is 0 Å². The molecule has 1 saturated heterocycles. The monoisotopic (exact) mass is 321 g/mol. The Morgan fingerprint density at radius 2 is 2.04 bits per heavy atom. The molecule has 1 aromatic heterocycles. The van der Waals surface area contributed by atoms with E-state index in [2.05, 4.69) is 71.2 Å². The van der Waals surface area contributed by atoms with Gasteiger partial charge >= 0.3 is 0 Å². The van der Waals surface area contributed by atoms with Gasteiger partial charge in [-0.1, -0.05) is 0 Å². The highest BCUT2D eigenvalue weighted by atomic mass is 16.5. The molecule has 6 heteroatoms. The van der Waals surface area contributed by atoms with Crippen molar-refractivity contribution in [2.45, 2.75) is 24.9 Å². The SMILES string of the molecule is CN=C(NCC1(N(C)C)CCOCC1)N(C)Cc1cccn1C. The summed E-state index contributed by atoms with van der Waals surface area (Å²) in [5.74, 6) is 0.930. The molecule has 0 bridgehead atoms. The molecule has 1 N–H and O–H groups in total. The Bertz CT molecular complexity index is 517. The van der Waals surface area contributed by atoms with Crippen LogP contribution >= 0.6 is 0 Å². The van der Waals surface area contributed by atoms with Gasteiger partial charge in [0, 0.05) is 58.3 Å². The van der Waals surface area contributed by atoms with Crippen molar-refractivity contribution in [3.8, 4) is 0 Å². The van der Waals surface area contributed by atoms with Crippen molar-refractivity contribution in [1.82, 2.24) is 19.7 Å². The first-order valence-corrected chi connectivity index (χ1v) is 8.26. The maximum absolute atomic E-state index is 5.54. The van der Waals surface area contributed by atoms with E-state index in [1.807, 2.05) is 7.05 Å². The van der Waals surface area contributed by atoms with Crippen molar-refractivity contribution < 1.29 is 4.74 Å². The minimum Gasteiger partial charge on any atom is -0.381 e. The van der Waals surface area contributed by atoms with E-state index in [0.717, 1.165) is 45.1 Å².